The summed E-state index contributed by atoms with van der Waals surface area (Å²) >= 11 is 0. The molecule has 1 aliphatic heterocycles. The Bertz CT molecular complexity index is 433. The maximum absolute atomic E-state index is 12.4. The molecule has 2 unspecified atom stereocenters. The van der Waals surface area contributed by atoms with E-state index in [9.17, 15) is 4.79 Å². The fraction of sp³-hybridized carbons (Fsp3) is 0.571. The molecule has 2 rings (SSSR count). The molecular formula is C14H21N3O2. The third-order valence-corrected chi connectivity index (χ3v) is 3.75. The van der Waals surface area contributed by atoms with Gasteiger partial charge in [0.05, 0.1) is 11.7 Å². The summed E-state index contributed by atoms with van der Waals surface area (Å²) in [5.74, 6) is 1.29. The van der Waals surface area contributed by atoms with Crippen LogP contribution in [-0.2, 0) is 4.74 Å². The molecule has 0 spiro atoms. The van der Waals surface area contributed by atoms with Gasteiger partial charge in [-0.15, -0.1) is 0 Å². The number of hydrogen-bond acceptors (Lipinski definition) is 4. The van der Waals surface area contributed by atoms with Crippen molar-refractivity contribution in [3.8, 4) is 0 Å². The average Bonchev–Trinajstić information content (AvgIpc) is 2.47. The van der Waals surface area contributed by atoms with Crippen molar-refractivity contribution in [1.82, 2.24) is 9.88 Å². The lowest BCUT2D eigenvalue weighted by molar-refractivity contribution is -0.00157. The molecule has 1 N–H and O–H groups in total. The van der Waals surface area contributed by atoms with Crippen LogP contribution in [0.25, 0.3) is 0 Å². The second-order valence-corrected chi connectivity index (χ2v) is 4.97. The Labute approximate surface area is 114 Å². The van der Waals surface area contributed by atoms with Crippen molar-refractivity contribution in [2.45, 2.75) is 19.4 Å². The van der Waals surface area contributed by atoms with E-state index in [1.54, 1.807) is 26.4 Å². The predicted molar refractivity (Wildman–Crippen MR) is 74.3 cm³/mol. The summed E-state index contributed by atoms with van der Waals surface area (Å²) < 4.78 is 5.44. The van der Waals surface area contributed by atoms with Gasteiger partial charge < -0.3 is 15.0 Å². The van der Waals surface area contributed by atoms with E-state index in [0.29, 0.717) is 18.0 Å². The van der Waals surface area contributed by atoms with Crippen LogP contribution >= 0.6 is 0 Å². The number of likely N-dealkylation sites (tertiary alicyclic amines) is 1. The molecule has 19 heavy (non-hydrogen) atoms. The van der Waals surface area contributed by atoms with E-state index in [0.717, 1.165) is 18.8 Å². The van der Waals surface area contributed by atoms with Crippen LogP contribution in [0.4, 0.5) is 5.82 Å². The third kappa shape index (κ3) is 3.04. The first-order chi connectivity index (χ1) is 9.15. The van der Waals surface area contributed by atoms with Gasteiger partial charge in [-0.25, -0.2) is 4.98 Å². The normalized spacial score (nSPS) is 23.2. The van der Waals surface area contributed by atoms with Gasteiger partial charge in [0, 0.05) is 33.4 Å². The molecule has 1 fully saturated rings. The summed E-state index contributed by atoms with van der Waals surface area (Å²) in [4.78, 5) is 18.4. The number of hydrogen-bond donors (Lipinski definition) is 1. The van der Waals surface area contributed by atoms with E-state index < -0.39 is 0 Å². The van der Waals surface area contributed by atoms with Gasteiger partial charge in [-0.05, 0) is 24.5 Å². The highest BCUT2D eigenvalue weighted by Crippen LogP contribution is 2.21. The van der Waals surface area contributed by atoms with E-state index in [1.807, 2.05) is 11.0 Å². The molecule has 0 aliphatic carbocycles. The summed E-state index contributed by atoms with van der Waals surface area (Å²) in [6, 6.07) is 3.62. The minimum atomic E-state index is 0.0316. The molecule has 1 amide bonds. The zero-order valence-corrected chi connectivity index (χ0v) is 11.7. The number of nitrogens with one attached hydrogen (secondary N) is 1. The molecule has 5 nitrogen and oxygen atoms in total. The fourth-order valence-electron chi connectivity index (χ4n) is 2.38. The van der Waals surface area contributed by atoms with Crippen molar-refractivity contribution >= 4 is 11.7 Å². The topological polar surface area (TPSA) is 54.5 Å². The zero-order chi connectivity index (χ0) is 13.8. The zero-order valence-electron chi connectivity index (χ0n) is 11.7. The Balaban J connectivity index is 2.06. The van der Waals surface area contributed by atoms with Gasteiger partial charge in [0.25, 0.3) is 5.91 Å². The van der Waals surface area contributed by atoms with Gasteiger partial charge in [-0.1, -0.05) is 6.92 Å². The van der Waals surface area contributed by atoms with E-state index in [2.05, 4.69) is 17.2 Å². The summed E-state index contributed by atoms with van der Waals surface area (Å²) in [5.41, 5.74) is 0.628. The molecular weight excluding hydrogens is 242 g/mol. The van der Waals surface area contributed by atoms with Gasteiger partial charge in [-0.2, -0.15) is 0 Å². The van der Waals surface area contributed by atoms with Gasteiger partial charge in [0.2, 0.25) is 0 Å². The molecule has 1 saturated heterocycles. The summed E-state index contributed by atoms with van der Waals surface area (Å²) in [6.07, 6.45) is 2.72. The SMILES string of the molecule is CNc1ccc(C(=O)N2CCC(C)C(OC)C2)cn1. The van der Waals surface area contributed by atoms with Gasteiger partial charge in [0.1, 0.15) is 5.82 Å². The Morgan fingerprint density at radius 1 is 1.53 bits per heavy atom. The molecule has 0 bridgehead atoms. The lowest BCUT2D eigenvalue weighted by Gasteiger charge is -2.36. The number of methoxy groups -OCH3 is 1. The number of aromatic nitrogens is 1. The Morgan fingerprint density at radius 3 is 2.89 bits per heavy atom. The van der Waals surface area contributed by atoms with Crippen LogP contribution in [0.15, 0.2) is 18.3 Å². The van der Waals surface area contributed by atoms with Crippen molar-refractivity contribution in [3.63, 3.8) is 0 Å². The van der Waals surface area contributed by atoms with Crippen LogP contribution in [0.5, 0.6) is 0 Å². The smallest absolute Gasteiger partial charge is 0.255 e. The molecule has 2 heterocycles. The third-order valence-electron chi connectivity index (χ3n) is 3.75. The summed E-state index contributed by atoms with van der Waals surface area (Å²) in [6.45, 7) is 3.61. The molecule has 104 valence electrons. The molecule has 2 atom stereocenters. The molecule has 0 saturated carbocycles. The van der Waals surface area contributed by atoms with E-state index >= 15 is 0 Å². The average molecular weight is 263 g/mol. The number of rotatable bonds is 3. The Hall–Kier alpha value is -1.62. The van der Waals surface area contributed by atoms with Crippen molar-refractivity contribution in [3.05, 3.63) is 23.9 Å². The maximum Gasteiger partial charge on any atom is 0.255 e. The standard InChI is InChI=1S/C14H21N3O2/c1-10-6-7-17(9-12(10)19-3)14(18)11-4-5-13(15-2)16-8-11/h4-5,8,10,12H,6-7,9H2,1-3H3,(H,15,16). The number of nitrogens with zero attached hydrogens (tertiary/aromatic N) is 2. The summed E-state index contributed by atoms with van der Waals surface area (Å²) in [7, 11) is 3.51. The number of carbonyl (C=O) groups is 1. The number of anilines is 1. The van der Waals surface area contributed by atoms with Crippen molar-refractivity contribution in [2.24, 2.45) is 5.92 Å². The minimum Gasteiger partial charge on any atom is -0.379 e. The first kappa shape index (κ1) is 13.8. The number of carbonyl (C=O) groups excluding carboxylic acids is 1. The fourth-order valence-corrected chi connectivity index (χ4v) is 2.38. The molecule has 1 aromatic rings. The second-order valence-electron chi connectivity index (χ2n) is 4.97. The number of ether oxygens (including phenoxy) is 1. The van der Waals surface area contributed by atoms with Crippen LogP contribution in [-0.4, -0.2) is 49.1 Å². The highest BCUT2D eigenvalue weighted by Gasteiger charge is 2.29. The lowest BCUT2D eigenvalue weighted by Crippen LogP contribution is -2.46. The first-order valence-electron chi connectivity index (χ1n) is 6.61. The van der Waals surface area contributed by atoms with Crippen LogP contribution in [0.1, 0.15) is 23.7 Å². The van der Waals surface area contributed by atoms with Crippen LogP contribution < -0.4 is 5.32 Å². The van der Waals surface area contributed by atoms with Crippen molar-refractivity contribution in [1.29, 1.82) is 0 Å². The van der Waals surface area contributed by atoms with Crippen LogP contribution in [0.3, 0.4) is 0 Å². The first-order valence-corrected chi connectivity index (χ1v) is 6.61. The second kappa shape index (κ2) is 6.02. The maximum atomic E-state index is 12.4. The Morgan fingerprint density at radius 2 is 2.32 bits per heavy atom. The lowest BCUT2D eigenvalue weighted by atomic mass is 9.95. The number of amides is 1. The Kier molecular flexibility index (Phi) is 4.37. The number of piperidine rings is 1. The summed E-state index contributed by atoms with van der Waals surface area (Å²) in [5, 5.41) is 2.94. The molecule has 5 heteroatoms. The van der Waals surface area contributed by atoms with Gasteiger partial charge in [0.15, 0.2) is 0 Å². The van der Waals surface area contributed by atoms with Crippen LogP contribution in [0.2, 0.25) is 0 Å². The van der Waals surface area contributed by atoms with E-state index in [1.165, 1.54) is 0 Å². The molecule has 1 aliphatic rings. The predicted octanol–water partition coefficient (Wildman–Crippen LogP) is 1.62. The highest BCUT2D eigenvalue weighted by atomic mass is 16.5. The molecule has 0 radical (unpaired) electrons. The molecule has 0 aromatic carbocycles. The number of pyridine rings is 1. The highest BCUT2D eigenvalue weighted by molar-refractivity contribution is 5.94. The van der Waals surface area contributed by atoms with Gasteiger partial charge in [-0.3, -0.25) is 4.79 Å². The quantitative estimate of drug-likeness (QED) is 0.900. The van der Waals surface area contributed by atoms with E-state index in [-0.39, 0.29) is 12.0 Å². The van der Waals surface area contributed by atoms with Crippen molar-refractivity contribution in [2.75, 3.05) is 32.6 Å². The molecule has 1 aromatic heterocycles. The van der Waals surface area contributed by atoms with Crippen LogP contribution in [0, 0.1) is 5.92 Å². The van der Waals surface area contributed by atoms with E-state index in [4.69, 9.17) is 4.74 Å². The monoisotopic (exact) mass is 263 g/mol. The minimum absolute atomic E-state index is 0.0316. The van der Waals surface area contributed by atoms with Gasteiger partial charge >= 0.3 is 0 Å². The largest absolute Gasteiger partial charge is 0.379 e. The van der Waals surface area contributed by atoms with Crippen molar-refractivity contribution < 1.29 is 9.53 Å².